The Balaban J connectivity index is 4.34. The quantitative estimate of drug-likeness (QED) is 0.720. The van der Waals surface area contributed by atoms with E-state index in [1.54, 1.807) is 12.0 Å². The summed E-state index contributed by atoms with van der Waals surface area (Å²) in [5.41, 5.74) is 5.38. The van der Waals surface area contributed by atoms with Crippen molar-refractivity contribution in [3.63, 3.8) is 0 Å². The Morgan fingerprint density at radius 1 is 1.53 bits per heavy atom. The third-order valence-corrected chi connectivity index (χ3v) is 2.21. The van der Waals surface area contributed by atoms with E-state index in [0.29, 0.717) is 19.6 Å². The minimum Gasteiger partial charge on any atom is -0.383 e. The van der Waals surface area contributed by atoms with Crippen LogP contribution in [0.4, 0.5) is 0 Å². The maximum absolute atomic E-state index is 11.9. The molecule has 0 aliphatic carbocycles. The first-order valence-electron chi connectivity index (χ1n) is 5.39. The summed E-state index contributed by atoms with van der Waals surface area (Å²) in [6.07, 6.45) is 0.370. The van der Waals surface area contributed by atoms with Crippen molar-refractivity contribution in [2.24, 2.45) is 5.73 Å². The predicted molar refractivity (Wildman–Crippen MR) is 61.6 cm³/mol. The third kappa shape index (κ3) is 5.74. The molecule has 0 bridgehead atoms. The smallest absolute Gasteiger partial charge is 0.224 e. The normalized spacial score (nSPS) is 13.7. The molecule has 90 valence electrons. The third-order valence-electron chi connectivity index (χ3n) is 2.21. The van der Waals surface area contributed by atoms with E-state index in [0.717, 1.165) is 0 Å². The van der Waals surface area contributed by atoms with Gasteiger partial charge in [0.15, 0.2) is 0 Å². The lowest BCUT2D eigenvalue weighted by Crippen LogP contribution is -2.45. The summed E-state index contributed by atoms with van der Waals surface area (Å²) in [5.74, 6) is 0.0922. The van der Waals surface area contributed by atoms with Gasteiger partial charge in [-0.05, 0) is 27.7 Å². The maximum atomic E-state index is 11.9. The van der Waals surface area contributed by atoms with Crippen molar-refractivity contribution in [1.82, 2.24) is 4.90 Å². The molecule has 0 aliphatic rings. The second-order valence-electron chi connectivity index (χ2n) is 4.65. The molecule has 0 aliphatic heterocycles. The van der Waals surface area contributed by atoms with Gasteiger partial charge in [0.2, 0.25) is 5.91 Å². The number of rotatable bonds is 6. The van der Waals surface area contributed by atoms with Crippen LogP contribution < -0.4 is 5.73 Å². The lowest BCUT2D eigenvalue weighted by molar-refractivity contribution is -0.135. The summed E-state index contributed by atoms with van der Waals surface area (Å²) in [7, 11) is 1.64. The molecular weight excluding hydrogens is 192 g/mol. The number of carbonyl (C=O) groups excluding carboxylic acids is 1. The fourth-order valence-electron chi connectivity index (χ4n) is 1.56. The van der Waals surface area contributed by atoms with Gasteiger partial charge in [-0.15, -0.1) is 0 Å². The molecule has 0 spiro atoms. The fourth-order valence-corrected chi connectivity index (χ4v) is 1.56. The Labute approximate surface area is 92.8 Å². The molecule has 1 amide bonds. The minimum atomic E-state index is -0.447. The van der Waals surface area contributed by atoms with Gasteiger partial charge in [0.25, 0.3) is 0 Å². The number of nitrogens with zero attached hydrogens (tertiary/aromatic N) is 1. The summed E-state index contributed by atoms with van der Waals surface area (Å²) in [4.78, 5) is 13.7. The molecule has 1 atom stereocenters. The Morgan fingerprint density at radius 2 is 2.07 bits per heavy atom. The molecule has 0 rings (SSSR count). The second kappa shape index (κ2) is 6.08. The van der Waals surface area contributed by atoms with Crippen LogP contribution in [0.5, 0.6) is 0 Å². The van der Waals surface area contributed by atoms with Crippen molar-refractivity contribution >= 4 is 5.91 Å². The second-order valence-corrected chi connectivity index (χ2v) is 4.65. The molecule has 0 saturated heterocycles. The van der Waals surface area contributed by atoms with Crippen molar-refractivity contribution in [2.75, 3.05) is 20.3 Å². The van der Waals surface area contributed by atoms with Gasteiger partial charge in [0.05, 0.1) is 12.6 Å². The van der Waals surface area contributed by atoms with Crippen LogP contribution in [0, 0.1) is 0 Å². The van der Waals surface area contributed by atoms with Gasteiger partial charge in [0, 0.05) is 25.6 Å². The number of ether oxygens (including phenoxy) is 1. The van der Waals surface area contributed by atoms with Crippen LogP contribution in [0.15, 0.2) is 0 Å². The summed E-state index contributed by atoms with van der Waals surface area (Å²) >= 11 is 0. The molecule has 4 nitrogen and oxygen atoms in total. The molecule has 2 N–H and O–H groups in total. The number of nitrogens with two attached hydrogens (primary N) is 1. The Hall–Kier alpha value is -0.610. The van der Waals surface area contributed by atoms with Gasteiger partial charge in [-0.2, -0.15) is 0 Å². The lowest BCUT2D eigenvalue weighted by Gasteiger charge is -2.30. The zero-order chi connectivity index (χ0) is 12.1. The van der Waals surface area contributed by atoms with Crippen LogP contribution in [0.2, 0.25) is 0 Å². The molecule has 0 radical (unpaired) electrons. The monoisotopic (exact) mass is 216 g/mol. The van der Waals surface area contributed by atoms with Crippen molar-refractivity contribution in [1.29, 1.82) is 0 Å². The average molecular weight is 216 g/mol. The van der Waals surface area contributed by atoms with Crippen LogP contribution in [-0.2, 0) is 9.53 Å². The predicted octanol–water partition coefficient (Wildman–Crippen LogP) is 0.997. The van der Waals surface area contributed by atoms with Gasteiger partial charge < -0.3 is 15.4 Å². The molecule has 0 fully saturated rings. The van der Waals surface area contributed by atoms with Crippen LogP contribution in [0.3, 0.4) is 0 Å². The van der Waals surface area contributed by atoms with E-state index in [-0.39, 0.29) is 11.9 Å². The Morgan fingerprint density at radius 3 is 2.40 bits per heavy atom. The van der Waals surface area contributed by atoms with Gasteiger partial charge in [-0.25, -0.2) is 0 Å². The van der Waals surface area contributed by atoms with Gasteiger partial charge in [0.1, 0.15) is 0 Å². The van der Waals surface area contributed by atoms with E-state index in [1.807, 2.05) is 27.7 Å². The zero-order valence-corrected chi connectivity index (χ0v) is 10.5. The molecule has 0 saturated carbocycles. The maximum Gasteiger partial charge on any atom is 0.224 e. The Bertz CT molecular complexity index is 199. The first-order chi connectivity index (χ1) is 6.81. The molecule has 0 aromatic heterocycles. The number of hydrogen-bond donors (Lipinski definition) is 1. The van der Waals surface area contributed by atoms with Gasteiger partial charge in [-0.3, -0.25) is 4.79 Å². The molecule has 15 heavy (non-hydrogen) atoms. The number of amides is 1. The van der Waals surface area contributed by atoms with E-state index in [1.165, 1.54) is 0 Å². The molecular formula is C11H24N2O2. The van der Waals surface area contributed by atoms with Gasteiger partial charge in [-0.1, -0.05) is 0 Å². The van der Waals surface area contributed by atoms with Crippen molar-refractivity contribution < 1.29 is 9.53 Å². The fraction of sp³-hybridized carbons (Fsp3) is 0.909. The Kier molecular flexibility index (Phi) is 5.83. The lowest BCUT2D eigenvalue weighted by atomic mass is 10.0. The van der Waals surface area contributed by atoms with E-state index in [2.05, 4.69) is 0 Å². The number of methoxy groups -OCH3 is 1. The highest BCUT2D eigenvalue weighted by Gasteiger charge is 2.23. The average Bonchev–Trinajstić information content (AvgIpc) is 2.02. The molecule has 1 unspecified atom stereocenters. The first-order valence-corrected chi connectivity index (χ1v) is 5.39. The van der Waals surface area contributed by atoms with E-state index in [4.69, 9.17) is 10.5 Å². The van der Waals surface area contributed by atoms with Crippen molar-refractivity contribution in [3.05, 3.63) is 0 Å². The highest BCUT2D eigenvalue weighted by atomic mass is 16.5. The molecule has 0 heterocycles. The van der Waals surface area contributed by atoms with Crippen LogP contribution in [0.25, 0.3) is 0 Å². The first kappa shape index (κ1) is 14.4. The van der Waals surface area contributed by atoms with E-state index >= 15 is 0 Å². The van der Waals surface area contributed by atoms with Gasteiger partial charge >= 0.3 is 0 Å². The summed E-state index contributed by atoms with van der Waals surface area (Å²) in [6, 6.07) is 0.106. The number of likely N-dealkylation sites (N-methyl/N-ethyl adjacent to an activating group) is 1. The highest BCUT2D eigenvalue weighted by molar-refractivity contribution is 5.77. The number of carbonyl (C=O) groups is 1. The van der Waals surface area contributed by atoms with Crippen LogP contribution in [0.1, 0.15) is 34.1 Å². The number of hydrogen-bond acceptors (Lipinski definition) is 3. The standard InChI is InChI=1S/C11H24N2O2/c1-6-13(9(2)8-15-5)10(14)7-11(3,4)12/h9H,6-8,12H2,1-5H3. The molecule has 4 heteroatoms. The SMILES string of the molecule is CCN(C(=O)CC(C)(C)N)C(C)COC. The van der Waals surface area contributed by atoms with E-state index in [9.17, 15) is 4.79 Å². The van der Waals surface area contributed by atoms with E-state index < -0.39 is 5.54 Å². The topological polar surface area (TPSA) is 55.6 Å². The van der Waals surface area contributed by atoms with Crippen LogP contribution in [-0.4, -0.2) is 42.6 Å². The summed E-state index contributed by atoms with van der Waals surface area (Å²) in [6.45, 7) is 8.92. The highest BCUT2D eigenvalue weighted by Crippen LogP contribution is 2.09. The van der Waals surface area contributed by atoms with Crippen LogP contribution >= 0.6 is 0 Å². The largest absolute Gasteiger partial charge is 0.383 e. The van der Waals surface area contributed by atoms with Crippen molar-refractivity contribution in [3.8, 4) is 0 Å². The minimum absolute atomic E-state index is 0.0922. The summed E-state index contributed by atoms with van der Waals surface area (Å²) < 4.78 is 5.04. The van der Waals surface area contributed by atoms with Crippen molar-refractivity contribution in [2.45, 2.75) is 45.7 Å². The summed E-state index contributed by atoms with van der Waals surface area (Å²) in [5, 5.41) is 0. The molecule has 0 aromatic carbocycles. The zero-order valence-electron chi connectivity index (χ0n) is 10.5. The molecule has 0 aromatic rings.